The number of benzene rings is 1. The first kappa shape index (κ1) is 15.6. The molecular formula is C14H15N3O2S2. The van der Waals surface area contributed by atoms with Crippen molar-refractivity contribution in [1.29, 1.82) is 0 Å². The van der Waals surface area contributed by atoms with Gasteiger partial charge in [-0.05, 0) is 41.3 Å². The Morgan fingerprint density at radius 1 is 1.24 bits per heavy atom. The van der Waals surface area contributed by atoms with E-state index in [1.165, 1.54) is 18.3 Å². The number of amides is 2. The molecule has 0 saturated carbocycles. The summed E-state index contributed by atoms with van der Waals surface area (Å²) in [6.07, 6.45) is 0. The number of hydrogen-bond acceptors (Lipinski definition) is 5. The molecule has 110 valence electrons. The van der Waals surface area contributed by atoms with E-state index in [2.05, 4.69) is 10.7 Å². The smallest absolute Gasteiger partial charge is 0.275 e. The third kappa shape index (κ3) is 4.32. The predicted molar refractivity (Wildman–Crippen MR) is 86.3 cm³/mol. The molecule has 2 aromatic rings. The van der Waals surface area contributed by atoms with E-state index in [-0.39, 0.29) is 11.8 Å². The SMILES string of the molecule is CC(=O)Nc1ccc(SCc2ccsc2C(=O)NN)cc1. The van der Waals surface area contributed by atoms with Crippen molar-refractivity contribution in [2.45, 2.75) is 17.6 Å². The predicted octanol–water partition coefficient (Wildman–Crippen LogP) is 2.60. The van der Waals surface area contributed by atoms with Crippen LogP contribution >= 0.6 is 23.1 Å². The highest BCUT2D eigenvalue weighted by Gasteiger charge is 2.11. The van der Waals surface area contributed by atoms with Gasteiger partial charge in [0, 0.05) is 23.3 Å². The van der Waals surface area contributed by atoms with Crippen molar-refractivity contribution in [2.75, 3.05) is 5.32 Å². The van der Waals surface area contributed by atoms with Crippen LogP contribution in [0.5, 0.6) is 0 Å². The Hall–Kier alpha value is -1.83. The molecular weight excluding hydrogens is 306 g/mol. The van der Waals surface area contributed by atoms with Gasteiger partial charge in [-0.2, -0.15) is 0 Å². The molecule has 0 bridgehead atoms. The van der Waals surface area contributed by atoms with Crippen molar-refractivity contribution in [3.8, 4) is 0 Å². The van der Waals surface area contributed by atoms with Gasteiger partial charge >= 0.3 is 0 Å². The molecule has 0 atom stereocenters. The molecule has 1 aromatic heterocycles. The second-order valence-corrected chi connectivity index (χ2v) is 6.21. The zero-order chi connectivity index (χ0) is 15.2. The number of nitrogens with two attached hydrogens (primary N) is 1. The minimum absolute atomic E-state index is 0.0916. The molecule has 7 heteroatoms. The lowest BCUT2D eigenvalue weighted by Gasteiger charge is -2.05. The zero-order valence-corrected chi connectivity index (χ0v) is 13.0. The minimum atomic E-state index is -0.262. The van der Waals surface area contributed by atoms with E-state index in [1.807, 2.05) is 35.7 Å². The molecule has 0 saturated heterocycles. The van der Waals surface area contributed by atoms with Crippen molar-refractivity contribution < 1.29 is 9.59 Å². The molecule has 0 radical (unpaired) electrons. The Bertz CT molecular complexity index is 638. The molecule has 5 nitrogen and oxygen atoms in total. The average Bonchev–Trinajstić information content (AvgIpc) is 2.93. The maximum Gasteiger partial charge on any atom is 0.275 e. The van der Waals surface area contributed by atoms with Crippen molar-refractivity contribution >= 4 is 40.6 Å². The third-order valence-corrected chi connectivity index (χ3v) is 4.67. The van der Waals surface area contributed by atoms with Gasteiger partial charge in [-0.1, -0.05) is 0 Å². The molecule has 1 aromatic carbocycles. The number of carbonyl (C=O) groups is 2. The third-order valence-electron chi connectivity index (χ3n) is 2.65. The van der Waals surface area contributed by atoms with Crippen LogP contribution in [0.15, 0.2) is 40.6 Å². The molecule has 1 heterocycles. The number of thioether (sulfide) groups is 1. The molecule has 2 amide bonds. The second kappa shape index (κ2) is 7.26. The van der Waals surface area contributed by atoms with E-state index in [0.717, 1.165) is 16.1 Å². The Labute approximate surface area is 130 Å². The van der Waals surface area contributed by atoms with Crippen LogP contribution in [0.1, 0.15) is 22.2 Å². The normalized spacial score (nSPS) is 10.2. The first-order chi connectivity index (χ1) is 10.1. The second-order valence-electron chi connectivity index (χ2n) is 4.24. The maximum absolute atomic E-state index is 11.6. The number of nitrogens with one attached hydrogen (secondary N) is 2. The first-order valence-corrected chi connectivity index (χ1v) is 8.04. The average molecular weight is 321 g/mol. The van der Waals surface area contributed by atoms with Crippen LogP contribution in [0.4, 0.5) is 5.69 Å². The van der Waals surface area contributed by atoms with Crippen LogP contribution in [-0.2, 0) is 10.5 Å². The highest BCUT2D eigenvalue weighted by atomic mass is 32.2. The number of thiophene rings is 1. The topological polar surface area (TPSA) is 84.2 Å². The van der Waals surface area contributed by atoms with Gasteiger partial charge in [0.15, 0.2) is 0 Å². The quantitative estimate of drug-likeness (QED) is 0.342. The highest BCUT2D eigenvalue weighted by molar-refractivity contribution is 7.98. The van der Waals surface area contributed by atoms with E-state index in [9.17, 15) is 9.59 Å². The van der Waals surface area contributed by atoms with Gasteiger partial charge in [0.25, 0.3) is 5.91 Å². The molecule has 4 N–H and O–H groups in total. The van der Waals surface area contributed by atoms with Gasteiger partial charge in [-0.3, -0.25) is 15.0 Å². The van der Waals surface area contributed by atoms with Crippen molar-refractivity contribution in [3.63, 3.8) is 0 Å². The monoisotopic (exact) mass is 321 g/mol. The molecule has 0 aliphatic rings. The summed E-state index contributed by atoms with van der Waals surface area (Å²) in [5.41, 5.74) is 3.88. The van der Waals surface area contributed by atoms with Crippen molar-refractivity contribution in [2.24, 2.45) is 5.84 Å². The fourth-order valence-electron chi connectivity index (χ4n) is 1.71. The van der Waals surface area contributed by atoms with Gasteiger partial charge < -0.3 is 5.32 Å². The fourth-order valence-corrected chi connectivity index (χ4v) is 3.52. The van der Waals surface area contributed by atoms with Gasteiger partial charge in [0.05, 0.1) is 4.88 Å². The summed E-state index contributed by atoms with van der Waals surface area (Å²) in [4.78, 5) is 24.2. The summed E-state index contributed by atoms with van der Waals surface area (Å²) in [6, 6.07) is 9.50. The lowest BCUT2D eigenvalue weighted by atomic mass is 10.3. The lowest BCUT2D eigenvalue weighted by Crippen LogP contribution is -2.29. The van der Waals surface area contributed by atoms with Crippen LogP contribution in [0.2, 0.25) is 0 Å². The van der Waals surface area contributed by atoms with Crippen molar-refractivity contribution in [3.05, 3.63) is 46.2 Å². The molecule has 0 spiro atoms. The van der Waals surface area contributed by atoms with Crippen molar-refractivity contribution in [1.82, 2.24) is 5.43 Å². The Kier molecular flexibility index (Phi) is 5.38. The highest BCUT2D eigenvalue weighted by Crippen LogP contribution is 2.27. The summed E-state index contributed by atoms with van der Waals surface area (Å²) in [5, 5.41) is 4.60. The molecule has 21 heavy (non-hydrogen) atoms. The van der Waals surface area contributed by atoms with Gasteiger partial charge in [-0.25, -0.2) is 5.84 Å². The maximum atomic E-state index is 11.6. The number of hydrogen-bond donors (Lipinski definition) is 3. The summed E-state index contributed by atoms with van der Waals surface area (Å²) in [7, 11) is 0. The van der Waals surface area contributed by atoms with Gasteiger partial charge in [0.1, 0.15) is 0 Å². The Morgan fingerprint density at radius 3 is 2.57 bits per heavy atom. The Morgan fingerprint density at radius 2 is 1.95 bits per heavy atom. The summed E-state index contributed by atoms with van der Waals surface area (Å²) in [6.45, 7) is 1.48. The van der Waals surface area contributed by atoms with E-state index >= 15 is 0 Å². The van der Waals surface area contributed by atoms with Crippen LogP contribution in [0.3, 0.4) is 0 Å². The van der Waals surface area contributed by atoms with E-state index in [4.69, 9.17) is 5.84 Å². The standard InChI is InChI=1S/C14H15N3O2S2/c1-9(18)16-11-2-4-12(5-3-11)21-8-10-6-7-20-13(10)14(19)17-15/h2-7H,8,15H2,1H3,(H,16,18)(H,17,19). The van der Waals surface area contributed by atoms with Crippen LogP contribution in [-0.4, -0.2) is 11.8 Å². The van der Waals surface area contributed by atoms with Gasteiger partial charge in [-0.15, -0.1) is 23.1 Å². The molecule has 0 unspecified atom stereocenters. The van der Waals surface area contributed by atoms with Crippen LogP contribution < -0.4 is 16.6 Å². The number of hydrazine groups is 1. The molecule has 0 fully saturated rings. The summed E-state index contributed by atoms with van der Waals surface area (Å²) < 4.78 is 0. The number of nitrogen functional groups attached to an aromatic ring is 1. The Balaban J connectivity index is 1.98. The number of rotatable bonds is 5. The first-order valence-electron chi connectivity index (χ1n) is 6.18. The van der Waals surface area contributed by atoms with E-state index in [1.54, 1.807) is 11.8 Å². The summed E-state index contributed by atoms with van der Waals surface area (Å²) >= 11 is 2.99. The molecule has 2 rings (SSSR count). The summed E-state index contributed by atoms with van der Waals surface area (Å²) in [5.74, 6) is 5.49. The fraction of sp³-hybridized carbons (Fsp3) is 0.143. The van der Waals surface area contributed by atoms with Crippen LogP contribution in [0, 0.1) is 0 Å². The largest absolute Gasteiger partial charge is 0.326 e. The van der Waals surface area contributed by atoms with Crippen LogP contribution in [0.25, 0.3) is 0 Å². The number of anilines is 1. The lowest BCUT2D eigenvalue weighted by molar-refractivity contribution is -0.114. The minimum Gasteiger partial charge on any atom is -0.326 e. The van der Waals surface area contributed by atoms with Gasteiger partial charge in [0.2, 0.25) is 5.91 Å². The molecule has 0 aliphatic carbocycles. The van der Waals surface area contributed by atoms with E-state index in [0.29, 0.717) is 10.6 Å². The van der Waals surface area contributed by atoms with E-state index < -0.39 is 0 Å². The number of carbonyl (C=O) groups excluding carboxylic acids is 2. The molecule has 0 aliphatic heterocycles. The zero-order valence-electron chi connectivity index (χ0n) is 11.4.